The van der Waals surface area contributed by atoms with E-state index < -0.39 is 4.92 Å². The van der Waals surface area contributed by atoms with Gasteiger partial charge >= 0.3 is 0 Å². The topological polar surface area (TPSA) is 55.2 Å². The molecule has 1 N–H and O–H groups in total. The van der Waals surface area contributed by atoms with Crippen LogP contribution >= 0.6 is 0 Å². The lowest BCUT2D eigenvalue weighted by molar-refractivity contribution is -0.384. The van der Waals surface area contributed by atoms with Crippen LogP contribution in [0.15, 0.2) is 48.5 Å². The van der Waals surface area contributed by atoms with E-state index in [0.717, 1.165) is 24.1 Å². The predicted octanol–water partition coefficient (Wildman–Crippen LogP) is 3.07. The molecule has 4 nitrogen and oxygen atoms in total. The van der Waals surface area contributed by atoms with Gasteiger partial charge in [-0.25, -0.2) is 4.39 Å². The number of rotatable bonds is 6. The standard InChI is InChI=1S/C15H15FN2O2/c16-14-3-1-2-12(10-14)8-9-17-11-13-4-6-15(7-5-13)18(19)20/h1-7,10,17H,8-9,11H2. The molecule has 0 aromatic heterocycles. The van der Waals surface area contributed by atoms with Gasteiger partial charge in [-0.1, -0.05) is 24.3 Å². The van der Waals surface area contributed by atoms with Crippen LogP contribution in [0.4, 0.5) is 10.1 Å². The van der Waals surface area contributed by atoms with Crippen molar-refractivity contribution in [2.24, 2.45) is 0 Å². The van der Waals surface area contributed by atoms with Crippen molar-refractivity contribution in [2.75, 3.05) is 6.54 Å². The minimum Gasteiger partial charge on any atom is -0.312 e. The second kappa shape index (κ2) is 6.77. The van der Waals surface area contributed by atoms with Crippen LogP contribution in [-0.2, 0) is 13.0 Å². The quantitative estimate of drug-likeness (QED) is 0.500. The van der Waals surface area contributed by atoms with Crippen LogP contribution in [-0.4, -0.2) is 11.5 Å². The van der Waals surface area contributed by atoms with Gasteiger partial charge in [0, 0.05) is 18.7 Å². The van der Waals surface area contributed by atoms with Gasteiger partial charge in [0.15, 0.2) is 0 Å². The van der Waals surface area contributed by atoms with Crippen LogP contribution < -0.4 is 5.32 Å². The zero-order chi connectivity index (χ0) is 14.4. The van der Waals surface area contributed by atoms with Gasteiger partial charge in [-0.05, 0) is 36.2 Å². The third-order valence-electron chi connectivity index (χ3n) is 2.96. The van der Waals surface area contributed by atoms with E-state index in [-0.39, 0.29) is 11.5 Å². The van der Waals surface area contributed by atoms with Crippen LogP contribution in [0.1, 0.15) is 11.1 Å². The fraction of sp³-hybridized carbons (Fsp3) is 0.200. The highest BCUT2D eigenvalue weighted by Crippen LogP contribution is 2.11. The first kappa shape index (κ1) is 14.1. The molecule has 0 saturated heterocycles. The molecule has 2 aromatic rings. The molecular formula is C15H15FN2O2. The van der Waals surface area contributed by atoms with Gasteiger partial charge < -0.3 is 5.32 Å². The Morgan fingerprint density at radius 2 is 1.85 bits per heavy atom. The first-order valence-corrected chi connectivity index (χ1v) is 6.33. The number of hydrogen-bond acceptors (Lipinski definition) is 3. The zero-order valence-electron chi connectivity index (χ0n) is 10.9. The van der Waals surface area contributed by atoms with Gasteiger partial charge in [0.2, 0.25) is 0 Å². The largest absolute Gasteiger partial charge is 0.312 e. The van der Waals surface area contributed by atoms with Crippen molar-refractivity contribution in [1.29, 1.82) is 0 Å². The average Bonchev–Trinajstić information content (AvgIpc) is 2.44. The van der Waals surface area contributed by atoms with E-state index in [2.05, 4.69) is 5.32 Å². The molecule has 0 heterocycles. The highest BCUT2D eigenvalue weighted by molar-refractivity contribution is 5.32. The van der Waals surface area contributed by atoms with Crippen LogP contribution in [0.2, 0.25) is 0 Å². The van der Waals surface area contributed by atoms with Gasteiger partial charge in [0.1, 0.15) is 5.82 Å². The SMILES string of the molecule is O=[N+]([O-])c1ccc(CNCCc2cccc(F)c2)cc1. The third-order valence-corrected chi connectivity index (χ3v) is 2.96. The van der Waals surface area contributed by atoms with E-state index in [9.17, 15) is 14.5 Å². The van der Waals surface area contributed by atoms with Crippen molar-refractivity contribution < 1.29 is 9.31 Å². The lowest BCUT2D eigenvalue weighted by Crippen LogP contribution is -2.16. The maximum absolute atomic E-state index is 13.0. The fourth-order valence-electron chi connectivity index (χ4n) is 1.89. The molecule has 0 bridgehead atoms. The van der Waals surface area contributed by atoms with E-state index in [1.165, 1.54) is 24.3 Å². The highest BCUT2D eigenvalue weighted by Gasteiger charge is 2.03. The third kappa shape index (κ3) is 4.13. The Hall–Kier alpha value is -2.27. The summed E-state index contributed by atoms with van der Waals surface area (Å²) in [4.78, 5) is 10.1. The Labute approximate surface area is 116 Å². The summed E-state index contributed by atoms with van der Waals surface area (Å²) in [6, 6.07) is 13.0. The monoisotopic (exact) mass is 274 g/mol. The number of nitro benzene ring substituents is 1. The normalized spacial score (nSPS) is 10.4. The summed E-state index contributed by atoms with van der Waals surface area (Å²) in [5.74, 6) is -0.224. The number of hydrogen-bond donors (Lipinski definition) is 1. The molecular weight excluding hydrogens is 259 g/mol. The van der Waals surface area contributed by atoms with Gasteiger partial charge in [0.05, 0.1) is 4.92 Å². The maximum atomic E-state index is 13.0. The fourth-order valence-corrected chi connectivity index (χ4v) is 1.89. The summed E-state index contributed by atoms with van der Waals surface area (Å²) >= 11 is 0. The number of non-ortho nitro benzene ring substituents is 1. The molecule has 0 amide bonds. The maximum Gasteiger partial charge on any atom is 0.269 e. The summed E-state index contributed by atoms with van der Waals surface area (Å²) in [5.41, 5.74) is 2.02. The van der Waals surface area contributed by atoms with Crippen LogP contribution in [0.25, 0.3) is 0 Å². The number of halogens is 1. The van der Waals surface area contributed by atoms with E-state index in [4.69, 9.17) is 0 Å². The van der Waals surface area contributed by atoms with Crippen molar-refractivity contribution in [3.63, 3.8) is 0 Å². The van der Waals surface area contributed by atoms with Gasteiger partial charge in [-0.2, -0.15) is 0 Å². The van der Waals surface area contributed by atoms with Gasteiger partial charge in [-0.3, -0.25) is 10.1 Å². The lowest BCUT2D eigenvalue weighted by Gasteiger charge is -2.05. The minimum absolute atomic E-state index is 0.0912. The second-order valence-electron chi connectivity index (χ2n) is 4.48. The number of nitrogens with zero attached hydrogens (tertiary/aromatic N) is 1. The molecule has 104 valence electrons. The Balaban J connectivity index is 1.77. The second-order valence-corrected chi connectivity index (χ2v) is 4.48. The Bertz CT molecular complexity index is 585. The summed E-state index contributed by atoms with van der Waals surface area (Å²) < 4.78 is 13.0. The average molecular weight is 274 g/mol. The molecule has 0 aliphatic heterocycles. The predicted molar refractivity (Wildman–Crippen MR) is 74.9 cm³/mol. The van der Waals surface area contributed by atoms with Crippen molar-refractivity contribution in [3.05, 3.63) is 75.6 Å². The van der Waals surface area contributed by atoms with E-state index in [1.54, 1.807) is 18.2 Å². The Morgan fingerprint density at radius 1 is 1.10 bits per heavy atom. The van der Waals surface area contributed by atoms with E-state index >= 15 is 0 Å². The van der Waals surface area contributed by atoms with Crippen LogP contribution in [0, 0.1) is 15.9 Å². The molecule has 0 fully saturated rings. The van der Waals surface area contributed by atoms with Crippen molar-refractivity contribution in [2.45, 2.75) is 13.0 Å². The number of nitrogens with one attached hydrogen (secondary N) is 1. The Kier molecular flexibility index (Phi) is 4.79. The molecule has 0 aliphatic rings. The minimum atomic E-state index is -0.416. The number of nitro groups is 1. The first-order valence-electron chi connectivity index (χ1n) is 6.33. The zero-order valence-corrected chi connectivity index (χ0v) is 10.9. The van der Waals surface area contributed by atoms with Crippen molar-refractivity contribution in [3.8, 4) is 0 Å². The van der Waals surface area contributed by atoms with Crippen molar-refractivity contribution >= 4 is 5.69 Å². The highest BCUT2D eigenvalue weighted by atomic mass is 19.1. The summed E-state index contributed by atoms with van der Waals surface area (Å²) in [7, 11) is 0. The summed E-state index contributed by atoms with van der Waals surface area (Å²) in [6.45, 7) is 1.35. The Morgan fingerprint density at radius 3 is 2.50 bits per heavy atom. The molecule has 5 heteroatoms. The number of benzene rings is 2. The molecule has 20 heavy (non-hydrogen) atoms. The van der Waals surface area contributed by atoms with Gasteiger partial charge in [-0.15, -0.1) is 0 Å². The molecule has 2 rings (SSSR count). The smallest absolute Gasteiger partial charge is 0.269 e. The lowest BCUT2D eigenvalue weighted by atomic mass is 10.1. The molecule has 0 unspecified atom stereocenters. The van der Waals surface area contributed by atoms with E-state index in [1.807, 2.05) is 6.07 Å². The van der Waals surface area contributed by atoms with Gasteiger partial charge in [0.25, 0.3) is 5.69 Å². The van der Waals surface area contributed by atoms with Crippen molar-refractivity contribution in [1.82, 2.24) is 5.32 Å². The van der Waals surface area contributed by atoms with Crippen LogP contribution in [0.3, 0.4) is 0 Å². The van der Waals surface area contributed by atoms with E-state index in [0.29, 0.717) is 6.54 Å². The van der Waals surface area contributed by atoms with Crippen LogP contribution in [0.5, 0.6) is 0 Å². The summed E-state index contributed by atoms with van der Waals surface area (Å²) in [5, 5.41) is 13.7. The summed E-state index contributed by atoms with van der Waals surface area (Å²) in [6.07, 6.45) is 0.741. The molecule has 2 aromatic carbocycles. The molecule has 0 radical (unpaired) electrons. The molecule has 0 atom stereocenters. The molecule has 0 saturated carbocycles. The molecule has 0 aliphatic carbocycles. The molecule has 0 spiro atoms. The first-order chi connectivity index (χ1) is 9.65.